The summed E-state index contributed by atoms with van der Waals surface area (Å²) in [6, 6.07) is 7.71. The maximum absolute atomic E-state index is 13.5. The molecular weight excluding hydrogens is 406 g/mol. The molecule has 1 unspecified atom stereocenters. The first-order valence-corrected chi connectivity index (χ1v) is 11.1. The van der Waals surface area contributed by atoms with Gasteiger partial charge in [0.05, 0.1) is 18.2 Å². The molecule has 8 heteroatoms. The molecule has 2 fully saturated rings. The lowest BCUT2D eigenvalue weighted by Crippen LogP contribution is -2.54. The van der Waals surface area contributed by atoms with E-state index in [4.69, 9.17) is 0 Å². The molecule has 2 aromatic rings. The fourth-order valence-electron chi connectivity index (χ4n) is 5.31. The molecule has 2 N–H and O–H groups in total. The summed E-state index contributed by atoms with van der Waals surface area (Å²) in [5.41, 5.74) is 2.27. The average molecular weight is 434 g/mol. The second-order valence-corrected chi connectivity index (χ2v) is 9.08. The van der Waals surface area contributed by atoms with Gasteiger partial charge < -0.3 is 15.2 Å². The van der Waals surface area contributed by atoms with Crippen LogP contribution >= 0.6 is 0 Å². The number of hydrogen-bond acceptors (Lipinski definition) is 4. The molecular formula is C24H27N5O3. The molecule has 1 aromatic heterocycles. The zero-order valence-corrected chi connectivity index (χ0v) is 18.1. The van der Waals surface area contributed by atoms with Crippen LogP contribution in [0.4, 0.5) is 4.79 Å². The quantitative estimate of drug-likeness (QED) is 0.570. The van der Waals surface area contributed by atoms with Crippen LogP contribution in [0.2, 0.25) is 0 Å². The monoisotopic (exact) mass is 433 g/mol. The Hall–Kier alpha value is -3.42. The number of carbonyl (C=O) groups is 3. The van der Waals surface area contributed by atoms with Crippen molar-refractivity contribution in [2.24, 2.45) is 5.92 Å². The van der Waals surface area contributed by atoms with Gasteiger partial charge in [0.25, 0.3) is 5.91 Å². The zero-order chi connectivity index (χ0) is 22.3. The summed E-state index contributed by atoms with van der Waals surface area (Å²) in [6.45, 7) is 2.96. The summed E-state index contributed by atoms with van der Waals surface area (Å²) in [7, 11) is 0. The Morgan fingerprint density at radius 3 is 2.47 bits per heavy atom. The van der Waals surface area contributed by atoms with Crippen molar-refractivity contribution in [1.29, 1.82) is 0 Å². The second kappa shape index (κ2) is 7.93. The van der Waals surface area contributed by atoms with E-state index in [0.717, 1.165) is 5.69 Å². The number of aromatic nitrogens is 2. The molecule has 2 saturated heterocycles. The number of urea groups is 1. The summed E-state index contributed by atoms with van der Waals surface area (Å²) in [5.74, 6) is -0.201. The first-order chi connectivity index (χ1) is 15.5. The molecule has 1 aromatic carbocycles. The van der Waals surface area contributed by atoms with Crippen molar-refractivity contribution >= 4 is 23.9 Å². The smallest absolute Gasteiger partial charge is 0.325 e. The Morgan fingerprint density at radius 1 is 1.16 bits per heavy atom. The Bertz CT molecular complexity index is 1050. The predicted octanol–water partition coefficient (Wildman–Crippen LogP) is 2.14. The van der Waals surface area contributed by atoms with E-state index >= 15 is 0 Å². The number of rotatable bonds is 4. The van der Waals surface area contributed by atoms with Crippen LogP contribution in [-0.4, -0.2) is 62.3 Å². The third-order valence-corrected chi connectivity index (χ3v) is 7.19. The molecule has 0 saturated carbocycles. The van der Waals surface area contributed by atoms with Crippen molar-refractivity contribution in [1.82, 2.24) is 25.1 Å². The van der Waals surface area contributed by atoms with Gasteiger partial charge in [-0.15, -0.1) is 0 Å². The highest BCUT2D eigenvalue weighted by Crippen LogP contribution is 2.36. The second-order valence-electron chi connectivity index (χ2n) is 9.08. The number of imide groups is 1. The molecule has 0 spiro atoms. The molecule has 0 radical (unpaired) electrons. The van der Waals surface area contributed by atoms with Crippen LogP contribution in [0.1, 0.15) is 36.6 Å². The van der Waals surface area contributed by atoms with E-state index in [1.54, 1.807) is 23.5 Å². The fourth-order valence-corrected chi connectivity index (χ4v) is 5.31. The molecule has 166 valence electrons. The summed E-state index contributed by atoms with van der Waals surface area (Å²) in [5, 5.41) is 3.00. The number of piperidine rings is 1. The maximum Gasteiger partial charge on any atom is 0.325 e. The van der Waals surface area contributed by atoms with Crippen LogP contribution in [0.25, 0.3) is 6.08 Å². The normalized spacial score (nSPS) is 24.4. The van der Waals surface area contributed by atoms with Crippen molar-refractivity contribution in [3.05, 3.63) is 59.7 Å². The third-order valence-electron chi connectivity index (χ3n) is 7.19. The molecule has 32 heavy (non-hydrogen) atoms. The number of likely N-dealkylation sites (tertiary alicyclic amines) is 1. The number of hydrogen-bond donors (Lipinski definition) is 2. The standard InChI is InChI=1S/C24H27N5O3/c1-24(18-8-10-28(11-9-18)21(30)7-6-19-14-25-15-26-19)22(31)29(23(32)27-24)20-12-16-4-2-3-5-17(16)13-20/h2-7,14-15,18,20H,8-13H2,1H3,(H,25,26)(H,27,32)/b7-6+. The Kier molecular flexibility index (Phi) is 5.07. The number of carbonyl (C=O) groups excluding carboxylic acids is 3. The van der Waals surface area contributed by atoms with Gasteiger partial charge in [-0.1, -0.05) is 24.3 Å². The van der Waals surface area contributed by atoms with Crippen molar-refractivity contribution < 1.29 is 14.4 Å². The molecule has 4 amide bonds. The molecule has 0 bridgehead atoms. The largest absolute Gasteiger partial charge is 0.345 e. The molecule has 5 rings (SSSR count). The molecule has 1 aliphatic carbocycles. The Balaban J connectivity index is 1.22. The number of H-pyrrole nitrogens is 1. The number of imidazole rings is 1. The average Bonchev–Trinajstić information content (AvgIpc) is 3.51. The highest BCUT2D eigenvalue weighted by Gasteiger charge is 2.55. The fraction of sp³-hybridized carbons (Fsp3) is 0.417. The minimum Gasteiger partial charge on any atom is -0.345 e. The van der Waals surface area contributed by atoms with Crippen molar-refractivity contribution in [3.8, 4) is 0 Å². The number of nitrogens with zero attached hydrogens (tertiary/aromatic N) is 3. The zero-order valence-electron chi connectivity index (χ0n) is 18.1. The van der Waals surface area contributed by atoms with Gasteiger partial charge in [0, 0.05) is 25.2 Å². The van der Waals surface area contributed by atoms with Gasteiger partial charge in [-0.2, -0.15) is 0 Å². The topological polar surface area (TPSA) is 98.4 Å². The highest BCUT2D eigenvalue weighted by atomic mass is 16.2. The van der Waals surface area contributed by atoms with Gasteiger partial charge >= 0.3 is 6.03 Å². The van der Waals surface area contributed by atoms with Gasteiger partial charge in [-0.05, 0) is 55.7 Å². The number of amides is 4. The Morgan fingerprint density at radius 2 is 1.84 bits per heavy atom. The van der Waals surface area contributed by atoms with Gasteiger partial charge in [0.1, 0.15) is 5.54 Å². The highest BCUT2D eigenvalue weighted by molar-refractivity contribution is 6.07. The third kappa shape index (κ3) is 3.49. The van der Waals surface area contributed by atoms with E-state index in [1.807, 2.05) is 19.1 Å². The maximum atomic E-state index is 13.5. The van der Waals surface area contributed by atoms with E-state index in [0.29, 0.717) is 38.8 Å². The number of benzene rings is 1. The minimum atomic E-state index is -0.924. The van der Waals surface area contributed by atoms with E-state index in [-0.39, 0.29) is 29.8 Å². The number of aromatic amines is 1. The lowest BCUT2D eigenvalue weighted by molar-refractivity contribution is -0.135. The lowest BCUT2D eigenvalue weighted by atomic mass is 9.78. The van der Waals surface area contributed by atoms with Crippen molar-refractivity contribution in [2.75, 3.05) is 13.1 Å². The summed E-state index contributed by atoms with van der Waals surface area (Å²) >= 11 is 0. The first-order valence-electron chi connectivity index (χ1n) is 11.1. The van der Waals surface area contributed by atoms with Crippen LogP contribution in [0, 0.1) is 5.92 Å². The van der Waals surface area contributed by atoms with E-state index in [2.05, 4.69) is 27.4 Å². The summed E-state index contributed by atoms with van der Waals surface area (Å²) < 4.78 is 0. The first kappa shape index (κ1) is 20.5. The van der Waals surface area contributed by atoms with Crippen LogP contribution in [0.3, 0.4) is 0 Å². The molecule has 3 aliphatic rings. The predicted molar refractivity (Wildman–Crippen MR) is 118 cm³/mol. The van der Waals surface area contributed by atoms with E-state index < -0.39 is 5.54 Å². The lowest BCUT2D eigenvalue weighted by Gasteiger charge is -2.38. The van der Waals surface area contributed by atoms with Gasteiger partial charge in [0.2, 0.25) is 5.91 Å². The van der Waals surface area contributed by atoms with Gasteiger partial charge in [-0.3, -0.25) is 14.5 Å². The summed E-state index contributed by atoms with van der Waals surface area (Å²) in [4.78, 5) is 48.9. The van der Waals surface area contributed by atoms with E-state index in [9.17, 15) is 14.4 Å². The van der Waals surface area contributed by atoms with Crippen LogP contribution in [0.5, 0.6) is 0 Å². The Labute approximate surface area is 186 Å². The van der Waals surface area contributed by atoms with Crippen LogP contribution in [-0.2, 0) is 22.4 Å². The van der Waals surface area contributed by atoms with Crippen molar-refractivity contribution in [3.63, 3.8) is 0 Å². The van der Waals surface area contributed by atoms with Gasteiger partial charge in [-0.25, -0.2) is 9.78 Å². The van der Waals surface area contributed by atoms with Crippen molar-refractivity contribution in [2.45, 2.75) is 44.2 Å². The summed E-state index contributed by atoms with van der Waals surface area (Å²) in [6.07, 6.45) is 9.23. The minimum absolute atomic E-state index is 0.00614. The van der Waals surface area contributed by atoms with Crippen LogP contribution in [0.15, 0.2) is 42.9 Å². The molecule has 1 atom stereocenters. The van der Waals surface area contributed by atoms with Crippen LogP contribution < -0.4 is 5.32 Å². The molecule has 3 heterocycles. The molecule has 2 aliphatic heterocycles. The number of fused-ring (bicyclic) bond motifs is 1. The molecule has 8 nitrogen and oxygen atoms in total. The SMILES string of the molecule is CC1(C2CCN(C(=O)/C=C/c3cnc[nH]3)CC2)NC(=O)N(C2Cc3ccccc3C2)C1=O. The number of nitrogens with one attached hydrogen (secondary N) is 2. The van der Waals surface area contributed by atoms with Gasteiger partial charge in [0.15, 0.2) is 0 Å². The van der Waals surface area contributed by atoms with E-state index in [1.165, 1.54) is 22.1 Å².